The molecule has 5 heteroatoms. The molecule has 1 heterocycles. The van der Waals surface area contributed by atoms with Crippen LogP contribution in [0.15, 0.2) is 24.3 Å². The Hall–Kier alpha value is -1.59. The monoisotopic (exact) mass is 291 g/mol. The first-order chi connectivity index (χ1) is 10.0. The second-order valence-electron chi connectivity index (χ2n) is 5.81. The van der Waals surface area contributed by atoms with Crippen molar-refractivity contribution in [2.75, 3.05) is 51.7 Å². The summed E-state index contributed by atoms with van der Waals surface area (Å²) in [4.78, 5) is 17.5. The molecular formula is C16H25N3O2. The van der Waals surface area contributed by atoms with Crippen molar-refractivity contribution in [3.05, 3.63) is 29.8 Å². The number of hydrogen-bond donors (Lipinski definition) is 1. The number of benzene rings is 1. The Balaban J connectivity index is 1.92. The van der Waals surface area contributed by atoms with E-state index >= 15 is 0 Å². The molecule has 0 radical (unpaired) electrons. The minimum Gasteiger partial charge on any atom is -0.481 e. The zero-order chi connectivity index (χ0) is 15.2. The Morgan fingerprint density at radius 2 is 2.00 bits per heavy atom. The molecule has 0 unspecified atom stereocenters. The summed E-state index contributed by atoms with van der Waals surface area (Å²) in [5.41, 5.74) is 2.38. The van der Waals surface area contributed by atoms with Gasteiger partial charge in [0, 0.05) is 52.0 Å². The minimum absolute atomic E-state index is 0.166. The topological polar surface area (TPSA) is 47.0 Å². The molecule has 0 amide bonds. The molecule has 2 rings (SSSR count). The number of anilines is 1. The van der Waals surface area contributed by atoms with Crippen LogP contribution < -0.4 is 4.90 Å². The van der Waals surface area contributed by atoms with Gasteiger partial charge in [0.2, 0.25) is 0 Å². The van der Waals surface area contributed by atoms with E-state index in [-0.39, 0.29) is 6.42 Å². The molecule has 5 nitrogen and oxygen atoms in total. The van der Waals surface area contributed by atoms with Gasteiger partial charge in [-0.15, -0.1) is 0 Å². The molecule has 0 aliphatic carbocycles. The second kappa shape index (κ2) is 7.43. The normalized spacial score (nSPS) is 16.9. The number of nitrogens with zero attached hydrogens (tertiary/aromatic N) is 3. The van der Waals surface area contributed by atoms with Crippen molar-refractivity contribution in [2.24, 2.45) is 0 Å². The number of carboxylic acids is 1. The molecule has 0 atom stereocenters. The lowest BCUT2D eigenvalue weighted by Crippen LogP contribution is -2.43. The molecule has 1 aliphatic heterocycles. The fourth-order valence-corrected chi connectivity index (χ4v) is 2.55. The van der Waals surface area contributed by atoms with Gasteiger partial charge in [-0.3, -0.25) is 9.69 Å². The quantitative estimate of drug-likeness (QED) is 0.857. The standard InChI is InChI=1S/C16H25N3O2/c1-17-8-10-19(11-9-17)13-14-4-3-5-15(12-14)18(2)7-6-16(20)21/h3-5,12H,6-11,13H2,1-2H3,(H,20,21). The molecule has 1 N–H and O–H groups in total. The maximum Gasteiger partial charge on any atom is 0.305 e. The zero-order valence-electron chi connectivity index (χ0n) is 13.0. The first kappa shape index (κ1) is 15.8. The van der Waals surface area contributed by atoms with Crippen LogP contribution in [0.2, 0.25) is 0 Å². The third kappa shape index (κ3) is 5.02. The molecule has 116 valence electrons. The van der Waals surface area contributed by atoms with Crippen LogP contribution in [0.1, 0.15) is 12.0 Å². The Kier molecular flexibility index (Phi) is 5.59. The molecule has 1 saturated heterocycles. The van der Waals surface area contributed by atoms with Crippen LogP contribution in [0.5, 0.6) is 0 Å². The minimum atomic E-state index is -0.754. The average molecular weight is 291 g/mol. The van der Waals surface area contributed by atoms with E-state index in [0.29, 0.717) is 6.54 Å². The number of carbonyl (C=O) groups is 1. The second-order valence-corrected chi connectivity index (χ2v) is 5.81. The van der Waals surface area contributed by atoms with E-state index in [1.807, 2.05) is 18.0 Å². The van der Waals surface area contributed by atoms with E-state index in [9.17, 15) is 4.79 Å². The third-order valence-electron chi connectivity index (χ3n) is 4.01. The van der Waals surface area contributed by atoms with Crippen molar-refractivity contribution in [3.63, 3.8) is 0 Å². The lowest BCUT2D eigenvalue weighted by atomic mass is 10.1. The van der Waals surface area contributed by atoms with Crippen LogP contribution in [-0.4, -0.2) is 67.7 Å². The summed E-state index contributed by atoms with van der Waals surface area (Å²) in [7, 11) is 4.10. The highest BCUT2D eigenvalue weighted by atomic mass is 16.4. The number of carboxylic acid groups (broad SMARTS) is 1. The smallest absolute Gasteiger partial charge is 0.305 e. The van der Waals surface area contributed by atoms with E-state index in [1.165, 1.54) is 5.56 Å². The number of likely N-dealkylation sites (N-methyl/N-ethyl adjacent to an activating group) is 1. The predicted molar refractivity (Wildman–Crippen MR) is 84.7 cm³/mol. The third-order valence-corrected chi connectivity index (χ3v) is 4.01. The van der Waals surface area contributed by atoms with Crippen LogP contribution >= 0.6 is 0 Å². The molecule has 0 spiro atoms. The van der Waals surface area contributed by atoms with Gasteiger partial charge in [0.1, 0.15) is 0 Å². The molecule has 1 aromatic rings. The SMILES string of the molecule is CN1CCN(Cc2cccc(N(C)CCC(=O)O)c2)CC1. The Morgan fingerprint density at radius 1 is 1.29 bits per heavy atom. The first-order valence-corrected chi connectivity index (χ1v) is 7.47. The lowest BCUT2D eigenvalue weighted by molar-refractivity contribution is -0.136. The fourth-order valence-electron chi connectivity index (χ4n) is 2.55. The van der Waals surface area contributed by atoms with Gasteiger partial charge in [-0.25, -0.2) is 0 Å². The molecule has 1 aliphatic rings. The largest absolute Gasteiger partial charge is 0.481 e. The highest BCUT2D eigenvalue weighted by molar-refractivity contribution is 5.67. The first-order valence-electron chi connectivity index (χ1n) is 7.47. The molecule has 0 saturated carbocycles. The van der Waals surface area contributed by atoms with Crippen molar-refractivity contribution in [2.45, 2.75) is 13.0 Å². The molecule has 1 fully saturated rings. The summed E-state index contributed by atoms with van der Waals surface area (Å²) in [6, 6.07) is 8.40. The molecule has 1 aromatic carbocycles. The van der Waals surface area contributed by atoms with Crippen LogP contribution in [0.25, 0.3) is 0 Å². The van der Waals surface area contributed by atoms with Gasteiger partial charge in [-0.1, -0.05) is 12.1 Å². The fraction of sp³-hybridized carbons (Fsp3) is 0.562. The van der Waals surface area contributed by atoms with Gasteiger partial charge in [0.25, 0.3) is 0 Å². The summed E-state index contributed by atoms with van der Waals surface area (Å²) in [5, 5.41) is 8.76. The van der Waals surface area contributed by atoms with Gasteiger partial charge in [-0.05, 0) is 24.7 Å². The van der Waals surface area contributed by atoms with Gasteiger partial charge in [0.05, 0.1) is 6.42 Å². The Bertz CT molecular complexity index is 470. The van der Waals surface area contributed by atoms with Crippen molar-refractivity contribution < 1.29 is 9.90 Å². The number of aliphatic carboxylic acids is 1. The predicted octanol–water partition coefficient (Wildman–Crippen LogP) is 1.34. The van der Waals surface area contributed by atoms with Crippen LogP contribution in [0, 0.1) is 0 Å². The van der Waals surface area contributed by atoms with Crippen molar-refractivity contribution >= 4 is 11.7 Å². The van der Waals surface area contributed by atoms with E-state index in [4.69, 9.17) is 5.11 Å². The van der Waals surface area contributed by atoms with Crippen LogP contribution in [-0.2, 0) is 11.3 Å². The van der Waals surface area contributed by atoms with E-state index in [2.05, 4.69) is 35.0 Å². The maximum absolute atomic E-state index is 10.7. The summed E-state index contributed by atoms with van der Waals surface area (Å²) < 4.78 is 0. The van der Waals surface area contributed by atoms with Crippen molar-refractivity contribution in [1.29, 1.82) is 0 Å². The number of rotatable bonds is 6. The van der Waals surface area contributed by atoms with Gasteiger partial charge >= 0.3 is 5.97 Å². The number of piperazine rings is 1. The van der Waals surface area contributed by atoms with Gasteiger partial charge in [-0.2, -0.15) is 0 Å². The molecule has 0 bridgehead atoms. The average Bonchev–Trinajstić information content (AvgIpc) is 2.47. The molecule has 21 heavy (non-hydrogen) atoms. The summed E-state index contributed by atoms with van der Waals surface area (Å²) >= 11 is 0. The molecule has 0 aromatic heterocycles. The highest BCUT2D eigenvalue weighted by Gasteiger charge is 2.14. The lowest BCUT2D eigenvalue weighted by Gasteiger charge is -2.32. The van der Waals surface area contributed by atoms with E-state index in [1.54, 1.807) is 0 Å². The Morgan fingerprint density at radius 3 is 2.67 bits per heavy atom. The highest BCUT2D eigenvalue weighted by Crippen LogP contribution is 2.17. The molecular weight excluding hydrogens is 266 g/mol. The maximum atomic E-state index is 10.7. The number of hydrogen-bond acceptors (Lipinski definition) is 4. The van der Waals surface area contributed by atoms with Crippen LogP contribution in [0.3, 0.4) is 0 Å². The van der Waals surface area contributed by atoms with E-state index < -0.39 is 5.97 Å². The summed E-state index contributed by atoms with van der Waals surface area (Å²) in [6.07, 6.45) is 0.166. The van der Waals surface area contributed by atoms with Gasteiger partial charge in [0.15, 0.2) is 0 Å². The van der Waals surface area contributed by atoms with Gasteiger partial charge < -0.3 is 14.9 Å². The van der Waals surface area contributed by atoms with E-state index in [0.717, 1.165) is 38.4 Å². The van der Waals surface area contributed by atoms with Crippen molar-refractivity contribution in [3.8, 4) is 0 Å². The summed E-state index contributed by atoms with van der Waals surface area (Å²) in [6.45, 7) is 5.96. The Labute approximate surface area is 126 Å². The zero-order valence-corrected chi connectivity index (χ0v) is 13.0. The van der Waals surface area contributed by atoms with Crippen molar-refractivity contribution in [1.82, 2.24) is 9.80 Å². The van der Waals surface area contributed by atoms with Crippen LogP contribution in [0.4, 0.5) is 5.69 Å². The summed E-state index contributed by atoms with van der Waals surface area (Å²) in [5.74, 6) is -0.754.